The molecule has 1 fully saturated rings. The van der Waals surface area contributed by atoms with Gasteiger partial charge in [-0.3, -0.25) is 4.79 Å². The minimum absolute atomic E-state index is 0.148. The predicted octanol–water partition coefficient (Wildman–Crippen LogP) is 5.05. The zero-order chi connectivity index (χ0) is 31.7. The predicted molar refractivity (Wildman–Crippen MR) is 170 cm³/mol. The Labute approximate surface area is 261 Å². The first-order chi connectivity index (χ1) is 20.8. The van der Waals surface area contributed by atoms with E-state index in [0.29, 0.717) is 12.8 Å². The molecule has 1 amide bonds. The lowest BCUT2D eigenvalue weighted by Crippen LogP contribution is -2.60. The number of ether oxygens (including phenoxy) is 2. The molecular formula is C34H65NO8. The van der Waals surface area contributed by atoms with Gasteiger partial charge in [-0.25, -0.2) is 0 Å². The summed E-state index contributed by atoms with van der Waals surface area (Å²) >= 11 is 0. The Morgan fingerprint density at radius 1 is 0.767 bits per heavy atom. The van der Waals surface area contributed by atoms with E-state index in [2.05, 4.69) is 31.3 Å². The van der Waals surface area contributed by atoms with E-state index in [0.717, 1.165) is 44.9 Å². The lowest BCUT2D eigenvalue weighted by molar-refractivity contribution is -0.302. The van der Waals surface area contributed by atoms with Crippen LogP contribution in [0.25, 0.3) is 0 Å². The molecule has 9 nitrogen and oxygen atoms in total. The first-order valence-electron chi connectivity index (χ1n) is 17.4. The van der Waals surface area contributed by atoms with Crippen LogP contribution in [-0.4, -0.2) is 87.5 Å². The number of amides is 1. The topological polar surface area (TPSA) is 149 Å². The van der Waals surface area contributed by atoms with E-state index in [1.807, 2.05) is 0 Å². The second kappa shape index (κ2) is 26.2. The van der Waals surface area contributed by atoms with Crippen LogP contribution in [0, 0.1) is 0 Å². The maximum atomic E-state index is 12.8. The molecule has 1 rings (SSSR count). The van der Waals surface area contributed by atoms with Crippen molar-refractivity contribution in [1.29, 1.82) is 0 Å². The molecule has 7 atom stereocenters. The van der Waals surface area contributed by atoms with Crippen molar-refractivity contribution in [3.05, 3.63) is 12.2 Å². The fourth-order valence-corrected chi connectivity index (χ4v) is 5.45. The van der Waals surface area contributed by atoms with Gasteiger partial charge in [-0.2, -0.15) is 0 Å². The average molecular weight is 616 g/mol. The maximum Gasteiger partial charge on any atom is 0.220 e. The molecular weight excluding hydrogens is 550 g/mol. The number of rotatable bonds is 27. The Morgan fingerprint density at radius 2 is 1.30 bits per heavy atom. The molecule has 1 aliphatic rings. The van der Waals surface area contributed by atoms with Crippen LogP contribution in [0.3, 0.4) is 0 Å². The summed E-state index contributed by atoms with van der Waals surface area (Å²) in [7, 11) is 0. The summed E-state index contributed by atoms with van der Waals surface area (Å²) in [6.45, 7) is 3.72. The zero-order valence-corrected chi connectivity index (χ0v) is 27.2. The third-order valence-corrected chi connectivity index (χ3v) is 8.37. The van der Waals surface area contributed by atoms with Crippen LogP contribution in [0.2, 0.25) is 0 Å². The summed E-state index contributed by atoms with van der Waals surface area (Å²) in [5.74, 6) is -0.160. The lowest BCUT2D eigenvalue weighted by Gasteiger charge is -2.40. The van der Waals surface area contributed by atoms with Gasteiger partial charge in [0.15, 0.2) is 6.29 Å². The molecule has 0 aromatic rings. The van der Waals surface area contributed by atoms with Gasteiger partial charge in [0, 0.05) is 6.42 Å². The number of carbonyl (C=O) groups excluding carboxylic acids is 1. The highest BCUT2D eigenvalue weighted by molar-refractivity contribution is 5.76. The fraction of sp³-hybridized carbons (Fsp3) is 0.912. The van der Waals surface area contributed by atoms with Gasteiger partial charge < -0.3 is 40.3 Å². The number of unbranched alkanes of at least 4 members (excludes halogenated alkanes) is 15. The molecule has 0 aliphatic carbocycles. The van der Waals surface area contributed by atoms with Crippen molar-refractivity contribution < 1.29 is 39.8 Å². The van der Waals surface area contributed by atoms with Gasteiger partial charge in [0.1, 0.15) is 24.4 Å². The van der Waals surface area contributed by atoms with Crippen molar-refractivity contribution in [2.45, 2.75) is 185 Å². The molecule has 43 heavy (non-hydrogen) atoms. The number of aliphatic hydroxyl groups is 5. The number of hydrogen-bond donors (Lipinski definition) is 6. The lowest BCUT2D eigenvalue weighted by atomic mass is 9.99. The normalized spacial score (nSPS) is 23.9. The molecule has 1 saturated heterocycles. The zero-order valence-electron chi connectivity index (χ0n) is 27.2. The van der Waals surface area contributed by atoms with Crippen molar-refractivity contribution in [2.24, 2.45) is 0 Å². The molecule has 0 aromatic carbocycles. The van der Waals surface area contributed by atoms with Crippen LogP contribution in [0.5, 0.6) is 0 Å². The van der Waals surface area contributed by atoms with Crippen molar-refractivity contribution in [2.75, 3.05) is 13.2 Å². The summed E-state index contributed by atoms with van der Waals surface area (Å²) < 4.78 is 11.1. The average Bonchev–Trinajstić information content (AvgIpc) is 3.00. The molecule has 0 radical (unpaired) electrons. The van der Waals surface area contributed by atoms with Crippen molar-refractivity contribution in [3.63, 3.8) is 0 Å². The summed E-state index contributed by atoms with van der Waals surface area (Å²) in [5.41, 5.74) is 0. The molecule has 9 heteroatoms. The van der Waals surface area contributed by atoms with Crippen LogP contribution in [0.4, 0.5) is 0 Å². The van der Waals surface area contributed by atoms with Crippen molar-refractivity contribution in [1.82, 2.24) is 5.32 Å². The van der Waals surface area contributed by atoms with E-state index in [4.69, 9.17) is 9.47 Å². The van der Waals surface area contributed by atoms with Gasteiger partial charge in [-0.05, 0) is 38.5 Å². The van der Waals surface area contributed by atoms with Crippen molar-refractivity contribution in [3.8, 4) is 0 Å². The second-order valence-electron chi connectivity index (χ2n) is 12.3. The molecule has 0 spiro atoms. The Bertz CT molecular complexity index is 691. The highest BCUT2D eigenvalue weighted by atomic mass is 16.7. The van der Waals surface area contributed by atoms with Gasteiger partial charge in [0.05, 0.1) is 25.4 Å². The molecule has 0 aromatic heterocycles. The highest BCUT2D eigenvalue weighted by Crippen LogP contribution is 2.22. The van der Waals surface area contributed by atoms with E-state index in [1.165, 1.54) is 70.6 Å². The Balaban J connectivity index is 2.49. The van der Waals surface area contributed by atoms with Crippen LogP contribution < -0.4 is 5.32 Å². The molecule has 254 valence electrons. The van der Waals surface area contributed by atoms with E-state index in [9.17, 15) is 30.3 Å². The largest absolute Gasteiger partial charge is 0.394 e. The number of allylic oxidation sites excluding steroid dienone is 2. The third kappa shape index (κ3) is 18.5. The van der Waals surface area contributed by atoms with Gasteiger partial charge in [-0.15, -0.1) is 0 Å². The summed E-state index contributed by atoms with van der Waals surface area (Å²) in [4.78, 5) is 12.8. The Morgan fingerprint density at radius 3 is 1.88 bits per heavy atom. The Hall–Kier alpha value is -1.07. The van der Waals surface area contributed by atoms with E-state index >= 15 is 0 Å². The number of carbonyl (C=O) groups is 1. The minimum atomic E-state index is -1.55. The van der Waals surface area contributed by atoms with Gasteiger partial charge in [-0.1, -0.05) is 109 Å². The smallest absolute Gasteiger partial charge is 0.220 e. The molecule has 0 saturated carbocycles. The quantitative estimate of drug-likeness (QED) is 0.0556. The third-order valence-electron chi connectivity index (χ3n) is 8.37. The van der Waals surface area contributed by atoms with E-state index < -0.39 is 49.5 Å². The van der Waals surface area contributed by atoms with Crippen LogP contribution in [-0.2, 0) is 14.3 Å². The fourth-order valence-electron chi connectivity index (χ4n) is 5.45. The number of nitrogens with one attached hydrogen (secondary N) is 1. The molecule has 0 bridgehead atoms. The second-order valence-corrected chi connectivity index (χ2v) is 12.3. The monoisotopic (exact) mass is 615 g/mol. The first kappa shape index (κ1) is 40.0. The summed E-state index contributed by atoms with van der Waals surface area (Å²) in [6, 6.07) is -0.725. The molecule has 1 heterocycles. The van der Waals surface area contributed by atoms with Crippen molar-refractivity contribution >= 4 is 5.91 Å². The summed E-state index contributed by atoms with van der Waals surface area (Å²) in [6.07, 6.45) is 18.0. The van der Waals surface area contributed by atoms with Gasteiger partial charge in [0.25, 0.3) is 0 Å². The maximum absolute atomic E-state index is 12.8. The van der Waals surface area contributed by atoms with Crippen LogP contribution in [0.15, 0.2) is 12.2 Å². The highest BCUT2D eigenvalue weighted by Gasteiger charge is 2.44. The van der Waals surface area contributed by atoms with E-state index in [1.54, 1.807) is 0 Å². The van der Waals surface area contributed by atoms with E-state index in [-0.39, 0.29) is 12.5 Å². The minimum Gasteiger partial charge on any atom is -0.394 e. The van der Waals surface area contributed by atoms with Gasteiger partial charge >= 0.3 is 0 Å². The summed E-state index contributed by atoms with van der Waals surface area (Å²) in [5, 5.41) is 53.7. The molecule has 6 N–H and O–H groups in total. The van der Waals surface area contributed by atoms with Gasteiger partial charge in [0.2, 0.25) is 5.91 Å². The van der Waals surface area contributed by atoms with Crippen LogP contribution in [0.1, 0.15) is 142 Å². The van der Waals surface area contributed by atoms with Crippen LogP contribution >= 0.6 is 0 Å². The molecule has 2 unspecified atom stereocenters. The molecule has 1 aliphatic heterocycles. The number of aliphatic hydroxyl groups excluding tert-OH is 5. The Kier molecular flexibility index (Phi) is 24.3. The number of hydrogen-bond acceptors (Lipinski definition) is 8. The standard InChI is InChI=1S/C34H65NO8/c1-3-5-7-9-11-13-14-16-18-20-22-24-30(38)35-27(28(37)23-21-19-17-15-12-10-8-6-4-2)26-42-34-33(41)32(40)31(39)29(25-36)43-34/h12,15,27-29,31-34,36-37,39-41H,3-11,13-14,16-26H2,1-2H3,(H,35,38)/b15-12+/t27-,28+,29+,31+,32?,33?,34+/m0/s1. The first-order valence-corrected chi connectivity index (χ1v) is 17.4. The SMILES string of the molecule is CCCCC/C=C/CCCC[C@@H](O)[C@H](CO[C@@H]1O[C@H](CO)[C@@H](O)C(O)C1O)NC(=O)CCCCCCCCCCCCC.